The number of fused-ring (bicyclic) bond motifs is 1. The topological polar surface area (TPSA) is 84.8 Å². The van der Waals surface area contributed by atoms with E-state index in [9.17, 15) is 8.42 Å². The molecule has 0 fully saturated rings. The van der Waals surface area contributed by atoms with E-state index in [1.807, 2.05) is 30.3 Å². The Hall–Kier alpha value is -3.03. The second-order valence-electron chi connectivity index (χ2n) is 6.76. The normalized spacial score (nSPS) is 11.5. The Labute approximate surface area is 173 Å². The van der Waals surface area contributed by atoms with Gasteiger partial charge in [-0.25, -0.2) is 8.42 Å². The molecule has 0 aliphatic carbocycles. The zero-order valence-corrected chi connectivity index (χ0v) is 17.1. The average Bonchev–Trinajstić information content (AvgIpc) is 2.67. The summed E-state index contributed by atoms with van der Waals surface area (Å²) in [6.07, 6.45) is 9.51. The molecule has 146 valence electrons. The van der Waals surface area contributed by atoms with E-state index >= 15 is 0 Å². The van der Waals surface area contributed by atoms with Gasteiger partial charge in [0.2, 0.25) is 0 Å². The van der Waals surface area contributed by atoms with Crippen LogP contribution in [0, 0.1) is 0 Å². The van der Waals surface area contributed by atoms with Gasteiger partial charge in [0, 0.05) is 47.7 Å². The van der Waals surface area contributed by atoms with Crippen LogP contribution in [0.1, 0.15) is 5.56 Å². The molecule has 6 nitrogen and oxygen atoms in total. The summed E-state index contributed by atoms with van der Waals surface area (Å²) in [7, 11) is -3.13. The van der Waals surface area contributed by atoms with Crippen molar-refractivity contribution in [2.45, 2.75) is 5.75 Å². The fourth-order valence-corrected chi connectivity index (χ4v) is 4.03. The Bertz CT molecular complexity index is 1310. The molecule has 0 aliphatic heterocycles. The number of hydrogen-bond donors (Lipinski definition) is 1. The molecule has 0 saturated heterocycles. The SMILES string of the molecule is CS(=O)(=O)Cc1cncc(-c2ccc3nccc(Nc4cncc(Cl)c4)c3c2)c1. The molecule has 1 N–H and O–H groups in total. The minimum atomic E-state index is -3.13. The number of benzene rings is 1. The Morgan fingerprint density at radius 3 is 2.59 bits per heavy atom. The number of pyridine rings is 3. The molecule has 3 aromatic heterocycles. The van der Waals surface area contributed by atoms with Gasteiger partial charge in [-0.3, -0.25) is 15.0 Å². The van der Waals surface area contributed by atoms with E-state index < -0.39 is 9.84 Å². The lowest BCUT2D eigenvalue weighted by atomic mass is 10.0. The van der Waals surface area contributed by atoms with Crippen LogP contribution in [0.25, 0.3) is 22.0 Å². The monoisotopic (exact) mass is 424 g/mol. The molecule has 0 bridgehead atoms. The van der Waals surface area contributed by atoms with Crippen LogP contribution in [0.15, 0.2) is 67.4 Å². The third kappa shape index (κ3) is 4.70. The molecule has 0 amide bonds. The highest BCUT2D eigenvalue weighted by Crippen LogP contribution is 2.30. The lowest BCUT2D eigenvalue weighted by Gasteiger charge is -2.11. The summed E-state index contributed by atoms with van der Waals surface area (Å²) in [4.78, 5) is 12.7. The van der Waals surface area contributed by atoms with E-state index in [0.29, 0.717) is 10.6 Å². The number of nitrogens with zero attached hydrogens (tertiary/aromatic N) is 3. The summed E-state index contributed by atoms with van der Waals surface area (Å²) in [5, 5.41) is 4.79. The Morgan fingerprint density at radius 1 is 0.966 bits per heavy atom. The first-order valence-electron chi connectivity index (χ1n) is 8.76. The highest BCUT2D eigenvalue weighted by molar-refractivity contribution is 7.89. The minimum Gasteiger partial charge on any atom is -0.354 e. The summed E-state index contributed by atoms with van der Waals surface area (Å²) < 4.78 is 23.2. The molecule has 0 saturated carbocycles. The van der Waals surface area contributed by atoms with E-state index in [-0.39, 0.29) is 5.75 Å². The summed E-state index contributed by atoms with van der Waals surface area (Å²) in [6.45, 7) is 0. The standard InChI is InChI=1S/C21H17ClN4O2S/c1-29(27,28)13-14-6-16(10-23-9-14)15-2-3-20-19(7-15)21(4-5-25-20)26-18-8-17(22)11-24-12-18/h2-12H,13H2,1H3,(H,25,26). The molecular weight excluding hydrogens is 408 g/mol. The first kappa shape index (κ1) is 19.3. The molecule has 29 heavy (non-hydrogen) atoms. The van der Waals surface area contributed by atoms with Crippen molar-refractivity contribution in [2.75, 3.05) is 11.6 Å². The first-order chi connectivity index (χ1) is 13.9. The maximum Gasteiger partial charge on any atom is 0.151 e. The molecule has 0 atom stereocenters. The van der Waals surface area contributed by atoms with Crippen molar-refractivity contribution in [3.05, 3.63) is 78.0 Å². The van der Waals surface area contributed by atoms with Crippen LogP contribution < -0.4 is 5.32 Å². The first-order valence-corrected chi connectivity index (χ1v) is 11.2. The van der Waals surface area contributed by atoms with Gasteiger partial charge in [-0.2, -0.15) is 0 Å². The van der Waals surface area contributed by atoms with Crippen LogP contribution in [0.3, 0.4) is 0 Å². The van der Waals surface area contributed by atoms with Crippen LogP contribution >= 0.6 is 11.6 Å². The molecule has 8 heteroatoms. The van der Waals surface area contributed by atoms with Gasteiger partial charge in [0.25, 0.3) is 0 Å². The molecular formula is C21H17ClN4O2S. The molecule has 3 heterocycles. The predicted molar refractivity (Wildman–Crippen MR) is 116 cm³/mol. The van der Waals surface area contributed by atoms with E-state index in [2.05, 4.69) is 20.3 Å². The highest BCUT2D eigenvalue weighted by atomic mass is 35.5. The third-order valence-corrected chi connectivity index (χ3v) is 5.35. The largest absolute Gasteiger partial charge is 0.354 e. The summed E-state index contributed by atoms with van der Waals surface area (Å²) >= 11 is 6.03. The van der Waals surface area contributed by atoms with Gasteiger partial charge in [0.1, 0.15) is 0 Å². The maximum atomic E-state index is 11.6. The fourth-order valence-electron chi connectivity index (χ4n) is 3.10. The molecule has 0 aliphatic rings. The Balaban J connectivity index is 1.75. The smallest absolute Gasteiger partial charge is 0.151 e. The zero-order chi connectivity index (χ0) is 20.4. The van der Waals surface area contributed by atoms with Crippen molar-refractivity contribution in [1.82, 2.24) is 15.0 Å². The van der Waals surface area contributed by atoms with Crippen molar-refractivity contribution in [2.24, 2.45) is 0 Å². The van der Waals surface area contributed by atoms with Crippen molar-refractivity contribution in [3.8, 4) is 11.1 Å². The van der Waals surface area contributed by atoms with Crippen LogP contribution in [-0.4, -0.2) is 29.6 Å². The Kier molecular flexibility index (Phi) is 5.17. The van der Waals surface area contributed by atoms with Crippen LogP contribution in [0.2, 0.25) is 5.02 Å². The van der Waals surface area contributed by atoms with Gasteiger partial charge in [-0.05, 0) is 41.5 Å². The van der Waals surface area contributed by atoms with Gasteiger partial charge < -0.3 is 5.32 Å². The lowest BCUT2D eigenvalue weighted by molar-refractivity contribution is 0.601. The fraction of sp³-hybridized carbons (Fsp3) is 0.0952. The highest BCUT2D eigenvalue weighted by Gasteiger charge is 2.09. The van der Waals surface area contributed by atoms with Crippen LogP contribution in [0.5, 0.6) is 0 Å². The molecule has 1 aromatic carbocycles. The molecule has 4 aromatic rings. The summed E-state index contributed by atoms with van der Waals surface area (Å²) in [5.74, 6) is -0.0441. The number of hydrogen-bond acceptors (Lipinski definition) is 6. The van der Waals surface area contributed by atoms with Gasteiger partial charge in [-0.1, -0.05) is 17.7 Å². The lowest BCUT2D eigenvalue weighted by Crippen LogP contribution is -2.01. The number of aromatic nitrogens is 3. The van der Waals surface area contributed by atoms with Crippen molar-refractivity contribution in [3.63, 3.8) is 0 Å². The number of sulfone groups is 1. The van der Waals surface area contributed by atoms with Crippen molar-refractivity contribution >= 4 is 43.7 Å². The summed E-state index contributed by atoms with van der Waals surface area (Å²) in [6, 6.07) is 11.4. The number of halogens is 1. The van der Waals surface area contributed by atoms with Crippen molar-refractivity contribution < 1.29 is 8.42 Å². The number of nitrogens with one attached hydrogen (secondary N) is 1. The predicted octanol–water partition coefficient (Wildman–Crippen LogP) is 4.63. The quantitative estimate of drug-likeness (QED) is 0.502. The number of rotatable bonds is 5. The van der Waals surface area contributed by atoms with E-state index in [1.165, 1.54) is 6.26 Å². The average molecular weight is 425 g/mol. The second-order valence-corrected chi connectivity index (χ2v) is 9.34. The Morgan fingerprint density at radius 2 is 1.79 bits per heavy atom. The third-order valence-electron chi connectivity index (χ3n) is 4.28. The molecule has 4 rings (SSSR count). The van der Waals surface area contributed by atoms with E-state index in [4.69, 9.17) is 11.6 Å². The van der Waals surface area contributed by atoms with Gasteiger partial charge in [0.05, 0.1) is 28.2 Å². The molecule has 0 radical (unpaired) electrons. The van der Waals surface area contributed by atoms with Crippen molar-refractivity contribution in [1.29, 1.82) is 0 Å². The van der Waals surface area contributed by atoms with E-state index in [0.717, 1.165) is 33.4 Å². The van der Waals surface area contributed by atoms with E-state index in [1.54, 1.807) is 37.1 Å². The summed E-state index contributed by atoms with van der Waals surface area (Å²) in [5.41, 5.74) is 4.87. The van der Waals surface area contributed by atoms with Gasteiger partial charge in [-0.15, -0.1) is 0 Å². The zero-order valence-electron chi connectivity index (χ0n) is 15.5. The molecule has 0 unspecified atom stereocenters. The number of anilines is 2. The van der Waals surface area contributed by atoms with Crippen LogP contribution in [-0.2, 0) is 15.6 Å². The second kappa shape index (κ2) is 7.77. The molecule has 0 spiro atoms. The minimum absolute atomic E-state index is 0.0441. The van der Waals surface area contributed by atoms with Gasteiger partial charge in [0.15, 0.2) is 9.84 Å². The van der Waals surface area contributed by atoms with Crippen LogP contribution in [0.4, 0.5) is 11.4 Å². The van der Waals surface area contributed by atoms with Gasteiger partial charge >= 0.3 is 0 Å². The maximum absolute atomic E-state index is 11.6.